The van der Waals surface area contributed by atoms with Crippen LogP contribution in [0.5, 0.6) is 0 Å². The van der Waals surface area contributed by atoms with Crippen LogP contribution in [0.4, 0.5) is 0 Å². The molecule has 0 bridgehead atoms. The minimum atomic E-state index is -0.449. The summed E-state index contributed by atoms with van der Waals surface area (Å²) in [7, 11) is 1.32. The fraction of sp³-hybridized carbons (Fsp3) is 0.200. The van der Waals surface area contributed by atoms with Gasteiger partial charge in [-0.05, 0) is 19.1 Å². The fourth-order valence-electron chi connectivity index (χ4n) is 1.45. The van der Waals surface area contributed by atoms with E-state index in [0.717, 1.165) is 11.3 Å². The molecule has 0 N–H and O–H groups in total. The number of ether oxygens (including phenoxy) is 1. The Morgan fingerprint density at radius 1 is 1.53 bits per heavy atom. The average molecular weight is 225 g/mol. The highest BCUT2D eigenvalue weighted by Crippen LogP contribution is 2.20. The van der Waals surface area contributed by atoms with Gasteiger partial charge in [0.15, 0.2) is 0 Å². The van der Waals surface area contributed by atoms with E-state index in [4.69, 9.17) is 11.6 Å². The van der Waals surface area contributed by atoms with Crippen molar-refractivity contribution in [2.24, 2.45) is 0 Å². The summed E-state index contributed by atoms with van der Waals surface area (Å²) >= 11 is 6.08. The first-order chi connectivity index (χ1) is 7.15. The molecule has 0 aromatic carbocycles. The zero-order chi connectivity index (χ0) is 11.0. The van der Waals surface area contributed by atoms with Gasteiger partial charge in [-0.25, -0.2) is 9.78 Å². The Balaban J connectivity index is 2.74. The molecule has 0 amide bonds. The number of carbonyl (C=O) groups is 1. The predicted molar refractivity (Wildman–Crippen MR) is 56.3 cm³/mol. The lowest BCUT2D eigenvalue weighted by Gasteiger charge is -2.05. The highest BCUT2D eigenvalue weighted by atomic mass is 35.5. The fourth-order valence-corrected chi connectivity index (χ4v) is 1.82. The molecule has 4 nitrogen and oxygen atoms in total. The summed E-state index contributed by atoms with van der Waals surface area (Å²) in [6.45, 7) is 1.82. The first-order valence-corrected chi connectivity index (χ1v) is 4.74. The molecule has 0 saturated carbocycles. The van der Waals surface area contributed by atoms with E-state index in [1.165, 1.54) is 7.11 Å². The highest BCUT2D eigenvalue weighted by molar-refractivity contribution is 6.32. The van der Waals surface area contributed by atoms with Crippen molar-refractivity contribution >= 4 is 23.1 Å². The Morgan fingerprint density at radius 2 is 2.27 bits per heavy atom. The number of aryl methyl sites for hydroxylation is 1. The van der Waals surface area contributed by atoms with E-state index < -0.39 is 5.97 Å². The van der Waals surface area contributed by atoms with Gasteiger partial charge in [0.1, 0.15) is 11.0 Å². The molecular weight excluding hydrogens is 216 g/mol. The van der Waals surface area contributed by atoms with Gasteiger partial charge in [-0.3, -0.25) is 4.40 Å². The number of pyridine rings is 1. The molecule has 0 spiro atoms. The third kappa shape index (κ3) is 1.47. The molecule has 0 fully saturated rings. The first-order valence-electron chi connectivity index (χ1n) is 4.36. The van der Waals surface area contributed by atoms with Crippen LogP contribution in [0, 0.1) is 6.92 Å². The van der Waals surface area contributed by atoms with Crippen LogP contribution in [0.2, 0.25) is 5.15 Å². The number of imidazole rings is 1. The van der Waals surface area contributed by atoms with Crippen molar-refractivity contribution in [2.45, 2.75) is 6.92 Å². The molecule has 0 aliphatic heterocycles. The Labute approximate surface area is 91.4 Å². The second kappa shape index (κ2) is 3.55. The molecule has 0 atom stereocenters. The summed E-state index contributed by atoms with van der Waals surface area (Å²) in [6.07, 6.45) is 1.70. The second-order valence-electron chi connectivity index (χ2n) is 3.10. The summed E-state index contributed by atoms with van der Waals surface area (Å²) in [4.78, 5) is 15.5. The van der Waals surface area contributed by atoms with Gasteiger partial charge >= 0.3 is 5.97 Å². The number of halogens is 1. The molecule has 0 unspecified atom stereocenters. The van der Waals surface area contributed by atoms with Crippen LogP contribution in [-0.4, -0.2) is 22.5 Å². The Bertz CT molecular complexity index is 533. The Kier molecular flexibility index (Phi) is 2.36. The van der Waals surface area contributed by atoms with Crippen LogP contribution in [0.3, 0.4) is 0 Å². The number of esters is 1. The van der Waals surface area contributed by atoms with Crippen molar-refractivity contribution < 1.29 is 9.53 Å². The number of fused-ring (bicyclic) bond motifs is 1. The van der Waals surface area contributed by atoms with E-state index in [-0.39, 0.29) is 0 Å². The second-order valence-corrected chi connectivity index (χ2v) is 3.45. The lowest BCUT2D eigenvalue weighted by molar-refractivity contribution is 0.0600. The van der Waals surface area contributed by atoms with Gasteiger partial charge in [0.2, 0.25) is 0 Å². The average Bonchev–Trinajstić information content (AvgIpc) is 2.61. The summed E-state index contributed by atoms with van der Waals surface area (Å²) in [6, 6.07) is 3.41. The van der Waals surface area contributed by atoms with Crippen molar-refractivity contribution in [1.29, 1.82) is 0 Å². The SMILES string of the molecule is COC(=O)c1ccc2cnc(C)n2c1Cl. The quantitative estimate of drug-likeness (QED) is 0.550. The Morgan fingerprint density at radius 3 is 2.93 bits per heavy atom. The zero-order valence-corrected chi connectivity index (χ0v) is 9.08. The predicted octanol–water partition coefficient (Wildman–Crippen LogP) is 2.08. The molecule has 5 heteroatoms. The molecule has 15 heavy (non-hydrogen) atoms. The summed E-state index contributed by atoms with van der Waals surface area (Å²) in [5.74, 6) is 0.288. The summed E-state index contributed by atoms with van der Waals surface area (Å²) in [5.41, 5.74) is 1.19. The third-order valence-corrected chi connectivity index (χ3v) is 2.58. The van der Waals surface area contributed by atoms with Gasteiger partial charge in [0.25, 0.3) is 0 Å². The third-order valence-electron chi connectivity index (χ3n) is 2.21. The maximum absolute atomic E-state index is 11.4. The van der Waals surface area contributed by atoms with E-state index >= 15 is 0 Å². The number of hydrogen-bond donors (Lipinski definition) is 0. The highest BCUT2D eigenvalue weighted by Gasteiger charge is 2.14. The van der Waals surface area contributed by atoms with Gasteiger partial charge in [-0.2, -0.15) is 0 Å². The van der Waals surface area contributed by atoms with E-state index in [0.29, 0.717) is 10.7 Å². The van der Waals surface area contributed by atoms with E-state index in [9.17, 15) is 4.79 Å². The molecular formula is C10H9ClN2O2. The lowest BCUT2D eigenvalue weighted by Crippen LogP contribution is -2.05. The smallest absolute Gasteiger partial charge is 0.340 e. The number of aromatic nitrogens is 2. The summed E-state index contributed by atoms with van der Waals surface area (Å²) < 4.78 is 6.33. The van der Waals surface area contributed by atoms with Crippen LogP contribution in [0.1, 0.15) is 16.2 Å². The van der Waals surface area contributed by atoms with Crippen LogP contribution in [0.15, 0.2) is 18.3 Å². The monoisotopic (exact) mass is 224 g/mol. The van der Waals surface area contributed by atoms with Crippen molar-refractivity contribution in [3.8, 4) is 0 Å². The minimum absolute atomic E-state index is 0.328. The molecule has 2 heterocycles. The molecule has 2 aromatic heterocycles. The zero-order valence-electron chi connectivity index (χ0n) is 8.32. The van der Waals surface area contributed by atoms with Crippen molar-refractivity contribution in [2.75, 3.05) is 7.11 Å². The normalized spacial score (nSPS) is 10.6. The van der Waals surface area contributed by atoms with Crippen LogP contribution in [0.25, 0.3) is 5.52 Å². The number of carbonyl (C=O) groups excluding carboxylic acids is 1. The van der Waals surface area contributed by atoms with Gasteiger partial charge in [-0.15, -0.1) is 0 Å². The number of rotatable bonds is 1. The van der Waals surface area contributed by atoms with Crippen molar-refractivity contribution in [3.63, 3.8) is 0 Å². The summed E-state index contributed by atoms with van der Waals surface area (Å²) in [5, 5.41) is 0.328. The van der Waals surface area contributed by atoms with Gasteiger partial charge < -0.3 is 4.74 Å². The molecule has 0 aliphatic rings. The number of methoxy groups -OCH3 is 1. The minimum Gasteiger partial charge on any atom is -0.465 e. The van der Waals surface area contributed by atoms with Gasteiger partial charge in [-0.1, -0.05) is 11.6 Å². The topological polar surface area (TPSA) is 43.6 Å². The maximum Gasteiger partial charge on any atom is 0.340 e. The molecule has 2 rings (SSSR count). The molecule has 0 saturated heterocycles. The number of nitrogens with zero attached hydrogens (tertiary/aromatic N) is 2. The van der Waals surface area contributed by atoms with Crippen LogP contribution < -0.4 is 0 Å². The van der Waals surface area contributed by atoms with Crippen molar-refractivity contribution in [1.82, 2.24) is 9.38 Å². The number of hydrogen-bond acceptors (Lipinski definition) is 3. The standard InChI is InChI=1S/C10H9ClN2O2/c1-6-12-5-7-3-4-8(10(14)15-2)9(11)13(6)7/h3-5H,1-2H3. The Hall–Kier alpha value is -1.55. The van der Waals surface area contributed by atoms with Gasteiger partial charge in [0.05, 0.1) is 24.4 Å². The van der Waals surface area contributed by atoms with Gasteiger partial charge in [0, 0.05) is 0 Å². The first kappa shape index (κ1) is 9.98. The molecule has 2 aromatic rings. The van der Waals surface area contributed by atoms with E-state index in [2.05, 4.69) is 9.72 Å². The van der Waals surface area contributed by atoms with E-state index in [1.54, 1.807) is 22.7 Å². The van der Waals surface area contributed by atoms with Crippen LogP contribution >= 0.6 is 11.6 Å². The molecule has 0 radical (unpaired) electrons. The lowest BCUT2D eigenvalue weighted by atomic mass is 10.2. The molecule has 0 aliphatic carbocycles. The van der Waals surface area contributed by atoms with Crippen LogP contribution in [-0.2, 0) is 4.74 Å². The maximum atomic E-state index is 11.4. The van der Waals surface area contributed by atoms with E-state index in [1.807, 2.05) is 6.92 Å². The van der Waals surface area contributed by atoms with Crippen molar-refractivity contribution in [3.05, 3.63) is 34.9 Å². The molecule has 78 valence electrons. The largest absolute Gasteiger partial charge is 0.465 e.